The quantitative estimate of drug-likeness (QED) is 0.755. The Balaban J connectivity index is 2.33. The van der Waals surface area contributed by atoms with Gasteiger partial charge in [-0.05, 0) is 52.0 Å². The predicted octanol–water partition coefficient (Wildman–Crippen LogP) is 2.11. The van der Waals surface area contributed by atoms with Gasteiger partial charge in [-0.1, -0.05) is 13.8 Å². The van der Waals surface area contributed by atoms with Crippen LogP contribution in [-0.2, 0) is 9.59 Å². The van der Waals surface area contributed by atoms with Gasteiger partial charge in [0.25, 0.3) is 0 Å². The van der Waals surface area contributed by atoms with Gasteiger partial charge in [0.2, 0.25) is 5.91 Å². The maximum Gasteiger partial charge on any atom is 0.306 e. The summed E-state index contributed by atoms with van der Waals surface area (Å²) in [5.41, 5.74) is 0. The lowest BCUT2D eigenvalue weighted by atomic mass is 9.92. The molecule has 1 aliphatic heterocycles. The van der Waals surface area contributed by atoms with Gasteiger partial charge in [0.05, 0.1) is 12.5 Å². The van der Waals surface area contributed by atoms with Crippen molar-refractivity contribution in [3.8, 4) is 0 Å². The van der Waals surface area contributed by atoms with Crippen molar-refractivity contribution < 1.29 is 14.7 Å². The van der Waals surface area contributed by atoms with Crippen LogP contribution in [0.2, 0.25) is 0 Å². The Hall–Kier alpha value is -1.10. The molecule has 0 bridgehead atoms. The highest BCUT2D eigenvalue weighted by molar-refractivity contribution is 5.78. The monoisotopic (exact) mass is 298 g/mol. The van der Waals surface area contributed by atoms with E-state index in [0.29, 0.717) is 31.8 Å². The number of hydrogen-bond acceptors (Lipinski definition) is 3. The van der Waals surface area contributed by atoms with Gasteiger partial charge in [-0.25, -0.2) is 0 Å². The minimum absolute atomic E-state index is 0.0480. The summed E-state index contributed by atoms with van der Waals surface area (Å²) in [6.07, 6.45) is 3.38. The summed E-state index contributed by atoms with van der Waals surface area (Å²) in [5.74, 6) is -0.274. The van der Waals surface area contributed by atoms with E-state index in [4.69, 9.17) is 5.11 Å². The second kappa shape index (κ2) is 8.37. The smallest absolute Gasteiger partial charge is 0.306 e. The molecule has 0 spiro atoms. The molecule has 3 atom stereocenters. The number of aliphatic carboxylic acids is 1. The normalized spacial score (nSPS) is 24.8. The average Bonchev–Trinajstić information content (AvgIpc) is 2.38. The molecule has 0 aromatic heterocycles. The highest BCUT2D eigenvalue weighted by atomic mass is 16.4. The Morgan fingerprint density at radius 1 is 1.29 bits per heavy atom. The van der Waals surface area contributed by atoms with E-state index in [1.54, 1.807) is 0 Å². The number of carbonyl (C=O) groups is 2. The third-order valence-corrected chi connectivity index (χ3v) is 4.29. The lowest BCUT2D eigenvalue weighted by Crippen LogP contribution is -2.48. The van der Waals surface area contributed by atoms with Crippen molar-refractivity contribution in [2.45, 2.75) is 65.5 Å². The number of nitrogens with one attached hydrogen (secondary N) is 1. The maximum atomic E-state index is 12.1. The van der Waals surface area contributed by atoms with E-state index in [-0.39, 0.29) is 23.9 Å². The van der Waals surface area contributed by atoms with Crippen LogP contribution >= 0.6 is 0 Å². The summed E-state index contributed by atoms with van der Waals surface area (Å²) < 4.78 is 0. The first-order valence-electron chi connectivity index (χ1n) is 8.05. The van der Waals surface area contributed by atoms with Gasteiger partial charge in [0, 0.05) is 12.1 Å². The molecule has 0 aromatic rings. The van der Waals surface area contributed by atoms with E-state index < -0.39 is 5.97 Å². The lowest BCUT2D eigenvalue weighted by molar-refractivity contribution is -0.144. The van der Waals surface area contributed by atoms with Crippen LogP contribution < -0.4 is 5.32 Å². The number of hydrogen-bond donors (Lipinski definition) is 2. The van der Waals surface area contributed by atoms with E-state index in [0.717, 1.165) is 12.8 Å². The van der Waals surface area contributed by atoms with Gasteiger partial charge in [-0.15, -0.1) is 0 Å². The Kier molecular flexibility index (Phi) is 7.15. The van der Waals surface area contributed by atoms with Crippen LogP contribution in [0.15, 0.2) is 0 Å². The summed E-state index contributed by atoms with van der Waals surface area (Å²) in [6, 6.07) is 0.350. The molecular weight excluding hydrogens is 268 g/mol. The topological polar surface area (TPSA) is 69.6 Å². The first-order chi connectivity index (χ1) is 9.79. The molecule has 0 aromatic carbocycles. The van der Waals surface area contributed by atoms with Crippen molar-refractivity contribution in [3.05, 3.63) is 0 Å². The van der Waals surface area contributed by atoms with Gasteiger partial charge in [0.1, 0.15) is 0 Å². The first-order valence-corrected chi connectivity index (χ1v) is 8.05. The molecule has 3 unspecified atom stereocenters. The van der Waals surface area contributed by atoms with Crippen molar-refractivity contribution in [2.75, 3.05) is 13.1 Å². The second-order valence-electron chi connectivity index (χ2n) is 6.82. The predicted molar refractivity (Wildman–Crippen MR) is 83.1 cm³/mol. The zero-order valence-corrected chi connectivity index (χ0v) is 13.8. The summed E-state index contributed by atoms with van der Waals surface area (Å²) in [6.45, 7) is 9.47. The Morgan fingerprint density at radius 3 is 2.48 bits per heavy atom. The van der Waals surface area contributed by atoms with Crippen molar-refractivity contribution >= 4 is 11.9 Å². The van der Waals surface area contributed by atoms with Crippen molar-refractivity contribution in [1.82, 2.24) is 10.2 Å². The van der Waals surface area contributed by atoms with Gasteiger partial charge in [-0.3, -0.25) is 14.5 Å². The highest BCUT2D eigenvalue weighted by Gasteiger charge is 2.30. The van der Waals surface area contributed by atoms with E-state index in [9.17, 15) is 9.59 Å². The largest absolute Gasteiger partial charge is 0.481 e. The molecule has 1 aliphatic rings. The maximum absolute atomic E-state index is 12.1. The fraction of sp³-hybridized carbons (Fsp3) is 0.875. The van der Waals surface area contributed by atoms with Crippen LogP contribution in [0.1, 0.15) is 53.4 Å². The molecule has 5 nitrogen and oxygen atoms in total. The van der Waals surface area contributed by atoms with Crippen molar-refractivity contribution in [1.29, 1.82) is 0 Å². The Labute approximate surface area is 128 Å². The number of carboxylic acid groups (broad SMARTS) is 1. The van der Waals surface area contributed by atoms with E-state index in [1.165, 1.54) is 0 Å². The molecule has 21 heavy (non-hydrogen) atoms. The number of rotatable bonds is 7. The van der Waals surface area contributed by atoms with Crippen molar-refractivity contribution in [3.63, 3.8) is 0 Å². The third kappa shape index (κ3) is 6.46. The zero-order chi connectivity index (χ0) is 16.0. The minimum atomic E-state index is -0.715. The molecule has 1 saturated heterocycles. The van der Waals surface area contributed by atoms with Gasteiger partial charge in [-0.2, -0.15) is 0 Å². The molecule has 0 saturated carbocycles. The van der Waals surface area contributed by atoms with Crippen molar-refractivity contribution in [2.24, 2.45) is 11.8 Å². The molecule has 1 heterocycles. The molecule has 0 radical (unpaired) electrons. The second-order valence-corrected chi connectivity index (χ2v) is 6.82. The number of carbonyl (C=O) groups excluding carboxylic acids is 1. The number of nitrogens with zero attached hydrogens (tertiary/aromatic N) is 1. The van der Waals surface area contributed by atoms with Crippen LogP contribution in [0.25, 0.3) is 0 Å². The number of carboxylic acids is 1. The fourth-order valence-electron chi connectivity index (χ4n) is 2.84. The SMILES string of the molecule is CC(C)CCC(C)NC(=O)CN1CCC(C(=O)O)CC1C. The van der Waals surface area contributed by atoms with Gasteiger partial charge < -0.3 is 10.4 Å². The Bertz CT molecular complexity index is 357. The first kappa shape index (κ1) is 18.0. The van der Waals surface area contributed by atoms with Gasteiger partial charge >= 0.3 is 5.97 Å². The summed E-state index contributed by atoms with van der Waals surface area (Å²) >= 11 is 0. The van der Waals surface area contributed by atoms with Crippen LogP contribution in [0, 0.1) is 11.8 Å². The van der Waals surface area contributed by atoms with Crippen LogP contribution in [0.4, 0.5) is 0 Å². The van der Waals surface area contributed by atoms with Crippen LogP contribution in [-0.4, -0.2) is 47.1 Å². The summed E-state index contributed by atoms with van der Waals surface area (Å²) in [4.78, 5) is 25.1. The molecule has 2 N–H and O–H groups in total. The highest BCUT2D eigenvalue weighted by Crippen LogP contribution is 2.22. The molecular formula is C16H30N2O3. The van der Waals surface area contributed by atoms with Crippen LogP contribution in [0.3, 0.4) is 0 Å². The minimum Gasteiger partial charge on any atom is -0.481 e. The van der Waals surface area contributed by atoms with E-state index >= 15 is 0 Å². The molecule has 1 fully saturated rings. The van der Waals surface area contributed by atoms with E-state index in [1.807, 2.05) is 13.8 Å². The molecule has 0 aliphatic carbocycles. The number of likely N-dealkylation sites (tertiary alicyclic amines) is 1. The number of amides is 1. The van der Waals surface area contributed by atoms with Gasteiger partial charge in [0.15, 0.2) is 0 Å². The molecule has 5 heteroatoms. The van der Waals surface area contributed by atoms with E-state index in [2.05, 4.69) is 24.1 Å². The fourth-order valence-corrected chi connectivity index (χ4v) is 2.84. The third-order valence-electron chi connectivity index (χ3n) is 4.29. The van der Waals surface area contributed by atoms with Crippen LogP contribution in [0.5, 0.6) is 0 Å². The Morgan fingerprint density at radius 2 is 1.95 bits per heavy atom. The molecule has 122 valence electrons. The molecule has 1 rings (SSSR count). The summed E-state index contributed by atoms with van der Waals surface area (Å²) in [7, 11) is 0. The number of piperidine rings is 1. The average molecular weight is 298 g/mol. The lowest BCUT2D eigenvalue weighted by Gasteiger charge is -2.35. The zero-order valence-electron chi connectivity index (χ0n) is 13.8. The standard InChI is InChI=1S/C16H30N2O3/c1-11(2)5-6-12(3)17-15(19)10-18-8-7-14(16(20)21)9-13(18)4/h11-14H,5-10H2,1-4H3,(H,17,19)(H,20,21). The summed E-state index contributed by atoms with van der Waals surface area (Å²) in [5, 5.41) is 12.1. The molecule has 1 amide bonds.